The maximum absolute atomic E-state index is 12.3. The quantitative estimate of drug-likeness (QED) is 0.390. The lowest BCUT2D eigenvalue weighted by molar-refractivity contribution is -0.909. The first kappa shape index (κ1) is 22.7. The van der Waals surface area contributed by atoms with E-state index < -0.39 is 12.0 Å². The fourth-order valence-corrected chi connectivity index (χ4v) is 3.49. The highest BCUT2D eigenvalue weighted by atomic mass is 16.5. The molecule has 8 heteroatoms. The van der Waals surface area contributed by atoms with E-state index in [0.717, 1.165) is 45.0 Å². The Balaban J connectivity index is 1.41. The maximum atomic E-state index is 12.3. The number of nitrogens with one attached hydrogen (secondary N) is 2. The molecule has 8 nitrogen and oxygen atoms in total. The molecule has 1 fully saturated rings. The summed E-state index contributed by atoms with van der Waals surface area (Å²) in [5.74, 6) is -0.212. The number of carbonyl (C=O) groups excluding carboxylic acids is 2. The predicted molar refractivity (Wildman–Crippen MR) is 113 cm³/mol. The standard InChI is InChI=1S/C23H29N3O5/c27-22(17-21(23(28)29)24-11-4-12-26-13-15-30-16-14-26)25-18-7-9-20(10-8-18)31-19-5-2-1-3-6-19/h1-3,5-10,21,24H,4,11-17H2,(H,25,27)(H,28,29)/p+1/t21-/m0/s1. The normalized spacial score (nSPS) is 15.2. The molecule has 0 saturated carbocycles. The third-order valence-electron chi connectivity index (χ3n) is 5.21. The first-order valence-electron chi connectivity index (χ1n) is 10.7. The van der Waals surface area contributed by atoms with Crippen LogP contribution in [0.1, 0.15) is 12.8 Å². The fourth-order valence-electron chi connectivity index (χ4n) is 3.49. The number of nitrogens with two attached hydrogens (primary N) is 1. The molecule has 0 radical (unpaired) electrons. The van der Waals surface area contributed by atoms with Gasteiger partial charge in [-0.2, -0.15) is 0 Å². The van der Waals surface area contributed by atoms with Gasteiger partial charge in [0.15, 0.2) is 0 Å². The summed E-state index contributed by atoms with van der Waals surface area (Å²) in [7, 11) is 0. The molecule has 2 aromatic carbocycles. The Morgan fingerprint density at radius 2 is 1.74 bits per heavy atom. The monoisotopic (exact) mass is 428 g/mol. The zero-order valence-corrected chi connectivity index (χ0v) is 17.5. The van der Waals surface area contributed by atoms with E-state index in [1.165, 1.54) is 4.90 Å². The van der Waals surface area contributed by atoms with E-state index >= 15 is 0 Å². The Kier molecular flexibility index (Phi) is 8.84. The summed E-state index contributed by atoms with van der Waals surface area (Å²) in [6.07, 6.45) is 0.735. The maximum Gasteiger partial charge on any atom is 0.230 e. The summed E-state index contributed by atoms with van der Waals surface area (Å²) < 4.78 is 11.1. The van der Waals surface area contributed by atoms with Gasteiger partial charge in [0.25, 0.3) is 0 Å². The van der Waals surface area contributed by atoms with Crippen molar-refractivity contribution < 1.29 is 34.4 Å². The molecule has 1 atom stereocenters. The molecule has 1 aliphatic rings. The molecule has 4 N–H and O–H groups in total. The summed E-state index contributed by atoms with van der Waals surface area (Å²) in [6, 6.07) is 15.4. The third-order valence-corrected chi connectivity index (χ3v) is 5.21. The largest absolute Gasteiger partial charge is 0.544 e. The number of rotatable bonds is 11. The van der Waals surface area contributed by atoms with E-state index in [4.69, 9.17) is 9.47 Å². The number of quaternary nitrogens is 2. The van der Waals surface area contributed by atoms with Crippen LogP contribution in [0.5, 0.6) is 11.5 Å². The number of carboxylic acid groups (broad SMARTS) is 1. The minimum absolute atomic E-state index is 0.144. The number of hydrogen-bond donors (Lipinski definition) is 3. The molecule has 1 aliphatic heterocycles. The Labute approximate surface area is 182 Å². The molecule has 31 heavy (non-hydrogen) atoms. The van der Waals surface area contributed by atoms with Crippen LogP contribution in [0.4, 0.5) is 5.69 Å². The van der Waals surface area contributed by atoms with Crippen LogP contribution < -0.4 is 25.4 Å². The fraction of sp³-hybridized carbons (Fsp3) is 0.391. The van der Waals surface area contributed by atoms with Gasteiger partial charge in [-0.25, -0.2) is 0 Å². The smallest absolute Gasteiger partial charge is 0.230 e. The molecule has 0 aromatic heterocycles. The number of aliphatic carboxylic acids is 1. The van der Waals surface area contributed by atoms with Crippen molar-refractivity contribution >= 4 is 17.6 Å². The second kappa shape index (κ2) is 12.0. The zero-order chi connectivity index (χ0) is 21.9. The number of anilines is 1. The summed E-state index contributed by atoms with van der Waals surface area (Å²) in [6.45, 7) is 5.15. The number of benzene rings is 2. The SMILES string of the molecule is O=C(C[C@H]([NH2+]CCC[NH+]1CCOCC1)C(=O)[O-])Nc1ccc(Oc2ccccc2)cc1. The van der Waals surface area contributed by atoms with Crippen molar-refractivity contribution in [3.63, 3.8) is 0 Å². The minimum Gasteiger partial charge on any atom is -0.544 e. The molecular formula is C23H30N3O5+. The van der Waals surface area contributed by atoms with Crippen LogP contribution in [0.15, 0.2) is 54.6 Å². The van der Waals surface area contributed by atoms with Gasteiger partial charge in [0.1, 0.15) is 30.6 Å². The second-order valence-corrected chi connectivity index (χ2v) is 7.61. The van der Waals surface area contributed by atoms with Crippen molar-refractivity contribution in [3.8, 4) is 11.5 Å². The van der Waals surface area contributed by atoms with Crippen molar-refractivity contribution in [3.05, 3.63) is 54.6 Å². The number of amides is 1. The van der Waals surface area contributed by atoms with Crippen LogP contribution in [0, 0.1) is 0 Å². The molecule has 2 aromatic rings. The van der Waals surface area contributed by atoms with Crippen LogP contribution in [0.2, 0.25) is 0 Å². The lowest BCUT2D eigenvalue weighted by atomic mass is 10.2. The molecule has 1 heterocycles. The van der Waals surface area contributed by atoms with Gasteiger partial charge in [-0.3, -0.25) is 4.79 Å². The summed E-state index contributed by atoms with van der Waals surface area (Å²) in [5, 5.41) is 15.9. The summed E-state index contributed by atoms with van der Waals surface area (Å²) in [5.41, 5.74) is 0.582. The topological polar surface area (TPSA) is 109 Å². The van der Waals surface area contributed by atoms with Crippen LogP contribution in [0.25, 0.3) is 0 Å². The van der Waals surface area contributed by atoms with E-state index in [1.807, 2.05) is 30.3 Å². The number of carboxylic acids is 1. The summed E-state index contributed by atoms with van der Waals surface area (Å²) in [4.78, 5) is 25.2. The highest BCUT2D eigenvalue weighted by molar-refractivity contribution is 5.93. The van der Waals surface area contributed by atoms with Crippen molar-refractivity contribution in [2.75, 3.05) is 44.7 Å². The lowest BCUT2D eigenvalue weighted by Gasteiger charge is -2.23. The molecule has 0 bridgehead atoms. The Morgan fingerprint density at radius 1 is 1.06 bits per heavy atom. The van der Waals surface area contributed by atoms with Crippen molar-refractivity contribution in [2.24, 2.45) is 0 Å². The minimum atomic E-state index is -1.22. The molecule has 0 spiro atoms. The van der Waals surface area contributed by atoms with Crippen LogP contribution in [-0.2, 0) is 14.3 Å². The van der Waals surface area contributed by atoms with Gasteiger partial charge >= 0.3 is 0 Å². The summed E-state index contributed by atoms with van der Waals surface area (Å²) >= 11 is 0. The van der Waals surface area contributed by atoms with Gasteiger partial charge < -0.3 is 34.9 Å². The number of carbonyl (C=O) groups is 2. The van der Waals surface area contributed by atoms with Gasteiger partial charge in [0.2, 0.25) is 5.91 Å². The average Bonchev–Trinajstić information content (AvgIpc) is 2.78. The number of hydrogen-bond acceptors (Lipinski definition) is 5. The molecule has 1 saturated heterocycles. The van der Waals surface area contributed by atoms with E-state index in [9.17, 15) is 14.7 Å². The van der Waals surface area contributed by atoms with E-state index in [2.05, 4.69) is 5.32 Å². The molecule has 0 aliphatic carbocycles. The van der Waals surface area contributed by atoms with Gasteiger partial charge in [-0.1, -0.05) is 18.2 Å². The Bertz CT molecular complexity index is 823. The third kappa shape index (κ3) is 8.01. The first-order valence-corrected chi connectivity index (χ1v) is 10.7. The predicted octanol–water partition coefficient (Wildman–Crippen LogP) is -1.21. The van der Waals surface area contributed by atoms with Crippen molar-refractivity contribution in [1.82, 2.24) is 0 Å². The number of ether oxygens (including phenoxy) is 2. The number of para-hydroxylation sites is 1. The van der Waals surface area contributed by atoms with Gasteiger partial charge in [-0.15, -0.1) is 0 Å². The molecular weight excluding hydrogens is 398 g/mol. The average molecular weight is 429 g/mol. The molecule has 166 valence electrons. The van der Waals surface area contributed by atoms with Gasteiger partial charge in [-0.05, 0) is 36.4 Å². The Morgan fingerprint density at radius 3 is 2.42 bits per heavy atom. The van der Waals surface area contributed by atoms with E-state index in [-0.39, 0.29) is 12.3 Å². The molecule has 1 amide bonds. The highest BCUT2D eigenvalue weighted by Crippen LogP contribution is 2.22. The lowest BCUT2D eigenvalue weighted by Crippen LogP contribution is -3.14. The zero-order valence-electron chi connectivity index (χ0n) is 17.5. The van der Waals surface area contributed by atoms with Gasteiger partial charge in [0, 0.05) is 12.1 Å². The molecule has 3 rings (SSSR count). The van der Waals surface area contributed by atoms with Crippen molar-refractivity contribution in [2.45, 2.75) is 18.9 Å². The van der Waals surface area contributed by atoms with Crippen LogP contribution in [-0.4, -0.2) is 57.3 Å². The van der Waals surface area contributed by atoms with Gasteiger partial charge in [0.05, 0.1) is 38.7 Å². The number of morpholine rings is 1. The van der Waals surface area contributed by atoms with Crippen LogP contribution in [0.3, 0.4) is 0 Å². The molecule has 0 unspecified atom stereocenters. The van der Waals surface area contributed by atoms with Crippen LogP contribution >= 0.6 is 0 Å². The highest BCUT2D eigenvalue weighted by Gasteiger charge is 2.19. The van der Waals surface area contributed by atoms with E-state index in [1.54, 1.807) is 29.6 Å². The second-order valence-electron chi connectivity index (χ2n) is 7.61. The van der Waals surface area contributed by atoms with Crippen molar-refractivity contribution in [1.29, 1.82) is 0 Å². The Hall–Kier alpha value is -2.94. The first-order chi connectivity index (χ1) is 15.1. The van der Waals surface area contributed by atoms with E-state index in [0.29, 0.717) is 18.0 Å².